The summed E-state index contributed by atoms with van der Waals surface area (Å²) in [5.41, 5.74) is 2.39. The van der Waals surface area contributed by atoms with Crippen molar-refractivity contribution in [2.45, 2.75) is 13.2 Å². The van der Waals surface area contributed by atoms with E-state index in [1.54, 1.807) is 7.11 Å². The van der Waals surface area contributed by atoms with Gasteiger partial charge in [0.25, 0.3) is 0 Å². The fraction of sp³-hybridized carbons (Fsp3) is 1.00. The third kappa shape index (κ3) is 2.14. The normalized spacial score (nSPS) is 14.5. The van der Waals surface area contributed by atoms with Gasteiger partial charge in [0, 0.05) is 7.11 Å². The molecule has 3 N–H and O–H groups in total. The standard InChI is InChI=1S/C3H10N2O/c1-3(5-4)6-2/h3,5H,4H2,1-2H3. The number of hydrogen-bond donors (Lipinski definition) is 2. The van der Waals surface area contributed by atoms with Crippen LogP contribution < -0.4 is 11.3 Å². The lowest BCUT2D eigenvalue weighted by Gasteiger charge is -2.03. The van der Waals surface area contributed by atoms with E-state index in [2.05, 4.69) is 10.2 Å². The Hall–Kier alpha value is -0.120. The zero-order valence-corrected chi connectivity index (χ0v) is 4.06. The molecule has 0 aliphatic carbocycles. The fourth-order valence-electron chi connectivity index (χ4n) is 0.0680. The van der Waals surface area contributed by atoms with Gasteiger partial charge in [-0.15, -0.1) is 0 Å². The van der Waals surface area contributed by atoms with Crippen molar-refractivity contribution < 1.29 is 4.74 Å². The van der Waals surface area contributed by atoms with Gasteiger partial charge in [-0.1, -0.05) is 0 Å². The van der Waals surface area contributed by atoms with Crippen LogP contribution in [0.1, 0.15) is 6.92 Å². The van der Waals surface area contributed by atoms with Gasteiger partial charge in [-0.05, 0) is 6.92 Å². The van der Waals surface area contributed by atoms with Crippen LogP contribution >= 0.6 is 0 Å². The molecule has 0 bridgehead atoms. The van der Waals surface area contributed by atoms with Crippen molar-refractivity contribution >= 4 is 0 Å². The van der Waals surface area contributed by atoms with Gasteiger partial charge in [0.2, 0.25) is 0 Å². The summed E-state index contributed by atoms with van der Waals surface area (Å²) in [4.78, 5) is 0. The average molecular weight is 90.1 g/mol. The van der Waals surface area contributed by atoms with Gasteiger partial charge in [-0.25, -0.2) is 5.43 Å². The number of methoxy groups -OCH3 is 1. The van der Waals surface area contributed by atoms with E-state index in [-0.39, 0.29) is 6.23 Å². The molecule has 0 aromatic rings. The summed E-state index contributed by atoms with van der Waals surface area (Å²) in [6.07, 6.45) is -0.0370. The highest BCUT2D eigenvalue weighted by atomic mass is 16.5. The third-order valence-electron chi connectivity index (χ3n) is 0.588. The summed E-state index contributed by atoms with van der Waals surface area (Å²) >= 11 is 0. The van der Waals surface area contributed by atoms with Gasteiger partial charge in [0.15, 0.2) is 0 Å². The minimum absolute atomic E-state index is 0.0370. The van der Waals surface area contributed by atoms with Crippen LogP contribution in [-0.4, -0.2) is 13.3 Å². The van der Waals surface area contributed by atoms with Crippen molar-refractivity contribution in [3.05, 3.63) is 0 Å². The van der Waals surface area contributed by atoms with E-state index in [0.29, 0.717) is 0 Å². The van der Waals surface area contributed by atoms with Crippen molar-refractivity contribution in [1.82, 2.24) is 5.43 Å². The van der Waals surface area contributed by atoms with E-state index < -0.39 is 0 Å². The zero-order chi connectivity index (χ0) is 4.99. The number of nitrogens with two attached hydrogens (primary N) is 1. The molecule has 0 amide bonds. The topological polar surface area (TPSA) is 47.3 Å². The minimum atomic E-state index is -0.0370. The van der Waals surface area contributed by atoms with Gasteiger partial charge in [0.1, 0.15) is 6.23 Å². The summed E-state index contributed by atoms with van der Waals surface area (Å²) in [5, 5.41) is 0. The molecule has 0 heterocycles. The summed E-state index contributed by atoms with van der Waals surface area (Å²) in [7, 11) is 1.59. The predicted molar refractivity (Wildman–Crippen MR) is 23.8 cm³/mol. The predicted octanol–water partition coefficient (Wildman–Crippen LogP) is -0.558. The molecule has 0 fully saturated rings. The fourth-order valence-corrected chi connectivity index (χ4v) is 0.0680. The van der Waals surface area contributed by atoms with Crippen molar-refractivity contribution in [3.8, 4) is 0 Å². The molecule has 6 heavy (non-hydrogen) atoms. The van der Waals surface area contributed by atoms with E-state index in [1.807, 2.05) is 6.92 Å². The van der Waals surface area contributed by atoms with E-state index in [0.717, 1.165) is 0 Å². The lowest BCUT2D eigenvalue weighted by molar-refractivity contribution is 0.0899. The zero-order valence-electron chi connectivity index (χ0n) is 4.06. The van der Waals surface area contributed by atoms with E-state index >= 15 is 0 Å². The maximum absolute atomic E-state index is 4.91. The van der Waals surface area contributed by atoms with Gasteiger partial charge in [-0.2, -0.15) is 0 Å². The number of nitrogens with one attached hydrogen (secondary N) is 1. The Morgan fingerprint density at radius 2 is 2.33 bits per heavy atom. The van der Waals surface area contributed by atoms with E-state index in [4.69, 9.17) is 5.84 Å². The van der Waals surface area contributed by atoms with Gasteiger partial charge >= 0.3 is 0 Å². The molecule has 0 aromatic heterocycles. The van der Waals surface area contributed by atoms with Crippen LogP contribution in [0.15, 0.2) is 0 Å². The minimum Gasteiger partial charge on any atom is -0.366 e. The molecule has 0 aliphatic heterocycles. The monoisotopic (exact) mass is 90.1 g/mol. The Morgan fingerprint density at radius 3 is 2.33 bits per heavy atom. The number of hydrazine groups is 1. The second kappa shape index (κ2) is 3.08. The van der Waals surface area contributed by atoms with E-state index in [9.17, 15) is 0 Å². The first-order chi connectivity index (χ1) is 2.81. The lowest BCUT2D eigenvalue weighted by Crippen LogP contribution is -2.33. The molecule has 0 saturated heterocycles. The second-order valence-corrected chi connectivity index (χ2v) is 1.04. The smallest absolute Gasteiger partial charge is 0.116 e. The Morgan fingerprint density at radius 1 is 1.83 bits per heavy atom. The Kier molecular flexibility index (Phi) is 3.02. The number of ether oxygens (including phenoxy) is 1. The highest BCUT2D eigenvalue weighted by Crippen LogP contribution is 1.71. The van der Waals surface area contributed by atoms with Crippen LogP contribution in [0.4, 0.5) is 0 Å². The van der Waals surface area contributed by atoms with Crippen LogP contribution in [0.3, 0.4) is 0 Å². The highest BCUT2D eigenvalue weighted by Gasteiger charge is 1.86. The molecule has 3 heteroatoms. The largest absolute Gasteiger partial charge is 0.366 e. The van der Waals surface area contributed by atoms with Crippen LogP contribution in [0, 0.1) is 0 Å². The van der Waals surface area contributed by atoms with Gasteiger partial charge in [0.05, 0.1) is 0 Å². The molecule has 0 rings (SSSR count). The summed E-state index contributed by atoms with van der Waals surface area (Å²) in [6.45, 7) is 1.82. The maximum Gasteiger partial charge on any atom is 0.116 e. The second-order valence-electron chi connectivity index (χ2n) is 1.04. The quantitative estimate of drug-likeness (QED) is 0.271. The molecule has 3 nitrogen and oxygen atoms in total. The molecule has 1 unspecified atom stereocenters. The first kappa shape index (κ1) is 5.88. The van der Waals surface area contributed by atoms with E-state index in [1.165, 1.54) is 0 Å². The van der Waals surface area contributed by atoms with Crippen molar-refractivity contribution in [2.75, 3.05) is 7.11 Å². The van der Waals surface area contributed by atoms with Gasteiger partial charge < -0.3 is 4.74 Å². The van der Waals surface area contributed by atoms with Crippen LogP contribution in [-0.2, 0) is 4.74 Å². The molecule has 38 valence electrons. The molecule has 0 spiro atoms. The molecule has 1 atom stereocenters. The maximum atomic E-state index is 4.91. The Balaban J connectivity index is 2.75. The molecule has 0 saturated carbocycles. The van der Waals surface area contributed by atoms with Crippen molar-refractivity contribution in [2.24, 2.45) is 5.84 Å². The lowest BCUT2D eigenvalue weighted by atomic mass is 10.7. The van der Waals surface area contributed by atoms with Crippen LogP contribution in [0.2, 0.25) is 0 Å². The SMILES string of the molecule is COC(C)NN. The molecular weight excluding hydrogens is 80.0 g/mol. The Labute approximate surface area is 37.4 Å². The summed E-state index contributed by atoms with van der Waals surface area (Å²) in [6, 6.07) is 0. The van der Waals surface area contributed by atoms with Crippen molar-refractivity contribution in [1.29, 1.82) is 0 Å². The molecule has 0 radical (unpaired) electrons. The number of hydrogen-bond acceptors (Lipinski definition) is 3. The Bertz CT molecular complexity index is 28.0. The molecule has 0 aromatic carbocycles. The van der Waals surface area contributed by atoms with Crippen LogP contribution in [0.25, 0.3) is 0 Å². The third-order valence-corrected chi connectivity index (χ3v) is 0.588. The first-order valence-corrected chi connectivity index (χ1v) is 1.80. The van der Waals surface area contributed by atoms with Crippen LogP contribution in [0.5, 0.6) is 0 Å². The summed E-state index contributed by atoms with van der Waals surface area (Å²) in [5.74, 6) is 4.91. The van der Waals surface area contributed by atoms with Gasteiger partial charge in [-0.3, -0.25) is 5.84 Å². The van der Waals surface area contributed by atoms with Crippen molar-refractivity contribution in [3.63, 3.8) is 0 Å². The first-order valence-electron chi connectivity index (χ1n) is 1.80. The number of rotatable bonds is 2. The average Bonchev–Trinajstić information content (AvgIpc) is 1.65. The summed E-state index contributed by atoms with van der Waals surface area (Å²) < 4.78 is 4.66. The highest BCUT2D eigenvalue weighted by molar-refractivity contribution is 4.30. The molecular formula is C3H10N2O. The molecule has 0 aliphatic rings.